The van der Waals surface area contributed by atoms with Crippen molar-refractivity contribution >= 4 is 29.5 Å². The van der Waals surface area contributed by atoms with Crippen LogP contribution in [0.1, 0.15) is 18.3 Å². The van der Waals surface area contributed by atoms with Crippen molar-refractivity contribution < 1.29 is 14.3 Å². The van der Waals surface area contributed by atoms with E-state index < -0.39 is 5.97 Å². The maximum Gasteiger partial charge on any atom is 0.340 e. The van der Waals surface area contributed by atoms with Crippen LogP contribution in [0.4, 0.5) is 0 Å². The molecule has 0 aliphatic carbocycles. The van der Waals surface area contributed by atoms with Gasteiger partial charge in [0.15, 0.2) is 5.82 Å². The molecular weight excluding hydrogens is 340 g/mol. The SMILES string of the molecule is CCOC(=O)/C(=C\c1ccc(OC)cc1)C1=Nn2c(C)nnc2SC1. The molecule has 0 fully saturated rings. The number of nitrogens with zero attached hydrogens (tertiary/aromatic N) is 4. The van der Waals surface area contributed by atoms with E-state index >= 15 is 0 Å². The number of carbonyl (C=O) groups is 1. The van der Waals surface area contributed by atoms with Gasteiger partial charge in [-0.1, -0.05) is 23.9 Å². The van der Waals surface area contributed by atoms with Gasteiger partial charge in [-0.25, -0.2) is 4.79 Å². The highest BCUT2D eigenvalue weighted by Gasteiger charge is 2.24. The molecule has 7 nitrogen and oxygen atoms in total. The van der Waals surface area contributed by atoms with Crippen LogP contribution in [0.5, 0.6) is 5.75 Å². The summed E-state index contributed by atoms with van der Waals surface area (Å²) in [4.78, 5) is 12.5. The zero-order chi connectivity index (χ0) is 17.8. The number of esters is 1. The molecule has 130 valence electrons. The molecule has 0 unspecified atom stereocenters. The first kappa shape index (κ1) is 17.2. The van der Waals surface area contributed by atoms with Crippen molar-refractivity contribution in [1.29, 1.82) is 0 Å². The molecule has 8 heteroatoms. The summed E-state index contributed by atoms with van der Waals surface area (Å²) in [6, 6.07) is 7.44. The van der Waals surface area contributed by atoms with Gasteiger partial charge < -0.3 is 9.47 Å². The summed E-state index contributed by atoms with van der Waals surface area (Å²) in [6.07, 6.45) is 1.78. The van der Waals surface area contributed by atoms with Gasteiger partial charge in [0.1, 0.15) is 5.75 Å². The number of thioether (sulfide) groups is 1. The molecule has 1 aromatic carbocycles. The lowest BCUT2D eigenvalue weighted by Gasteiger charge is -2.15. The number of fused-ring (bicyclic) bond motifs is 1. The van der Waals surface area contributed by atoms with E-state index in [0.717, 1.165) is 11.3 Å². The van der Waals surface area contributed by atoms with Crippen LogP contribution in [0.2, 0.25) is 0 Å². The lowest BCUT2D eigenvalue weighted by molar-refractivity contribution is -0.137. The molecule has 25 heavy (non-hydrogen) atoms. The van der Waals surface area contributed by atoms with Gasteiger partial charge in [-0.15, -0.1) is 10.2 Å². The van der Waals surface area contributed by atoms with Gasteiger partial charge in [0.05, 0.1) is 25.0 Å². The van der Waals surface area contributed by atoms with E-state index in [1.807, 2.05) is 31.2 Å². The monoisotopic (exact) mass is 358 g/mol. The third kappa shape index (κ3) is 3.74. The van der Waals surface area contributed by atoms with Crippen molar-refractivity contribution in [3.05, 3.63) is 41.2 Å². The number of benzene rings is 1. The summed E-state index contributed by atoms with van der Waals surface area (Å²) in [7, 11) is 1.61. The molecule has 2 aromatic rings. The van der Waals surface area contributed by atoms with Crippen LogP contribution in [0.25, 0.3) is 6.08 Å². The van der Waals surface area contributed by atoms with E-state index in [2.05, 4.69) is 15.3 Å². The second-order valence-corrected chi connectivity index (χ2v) is 6.17. The number of hydrogen-bond donors (Lipinski definition) is 0. The van der Waals surface area contributed by atoms with E-state index in [1.54, 1.807) is 24.8 Å². The molecule has 0 N–H and O–H groups in total. The Kier molecular flexibility index (Phi) is 5.18. The zero-order valence-electron chi connectivity index (χ0n) is 14.2. The number of aryl methyl sites for hydroxylation is 1. The molecule has 0 bridgehead atoms. The van der Waals surface area contributed by atoms with Gasteiger partial charge in [-0.3, -0.25) is 0 Å². The van der Waals surface area contributed by atoms with Gasteiger partial charge in [0.2, 0.25) is 5.16 Å². The van der Waals surface area contributed by atoms with Crippen LogP contribution >= 0.6 is 11.8 Å². The fraction of sp³-hybridized carbons (Fsp3) is 0.294. The molecule has 0 amide bonds. The highest BCUT2D eigenvalue weighted by atomic mass is 32.2. The lowest BCUT2D eigenvalue weighted by atomic mass is 10.1. The molecule has 0 atom stereocenters. The van der Waals surface area contributed by atoms with Crippen molar-refractivity contribution in [3.8, 4) is 5.75 Å². The van der Waals surface area contributed by atoms with Crippen LogP contribution in [0.3, 0.4) is 0 Å². The first-order valence-electron chi connectivity index (χ1n) is 7.78. The number of aromatic nitrogens is 3. The van der Waals surface area contributed by atoms with Gasteiger partial charge in [0, 0.05) is 5.75 Å². The third-order valence-corrected chi connectivity index (χ3v) is 4.49. The zero-order valence-corrected chi connectivity index (χ0v) is 15.0. The first-order valence-corrected chi connectivity index (χ1v) is 8.77. The molecule has 1 aromatic heterocycles. The number of carbonyl (C=O) groups excluding carboxylic acids is 1. The smallest absolute Gasteiger partial charge is 0.340 e. The van der Waals surface area contributed by atoms with Crippen molar-refractivity contribution in [3.63, 3.8) is 0 Å². The molecule has 0 saturated carbocycles. The average Bonchev–Trinajstić information content (AvgIpc) is 3.01. The van der Waals surface area contributed by atoms with E-state index in [9.17, 15) is 4.79 Å². The van der Waals surface area contributed by atoms with Crippen LogP contribution in [-0.2, 0) is 9.53 Å². The van der Waals surface area contributed by atoms with E-state index in [0.29, 0.717) is 34.6 Å². The van der Waals surface area contributed by atoms with Gasteiger partial charge in [-0.05, 0) is 37.6 Å². The first-order chi connectivity index (χ1) is 12.1. The van der Waals surface area contributed by atoms with Crippen LogP contribution in [0, 0.1) is 6.92 Å². The quantitative estimate of drug-likeness (QED) is 0.604. The van der Waals surface area contributed by atoms with E-state index in [4.69, 9.17) is 9.47 Å². The standard InChI is InChI=1S/C17H18N4O3S/c1-4-24-16(22)14(9-12-5-7-13(23-3)8-6-12)15-10-25-17-19-18-11(2)21(17)20-15/h5-9H,4,10H2,1-3H3/b14-9-. The minimum absolute atomic E-state index is 0.302. The Morgan fingerprint density at radius 2 is 2.08 bits per heavy atom. The van der Waals surface area contributed by atoms with E-state index in [1.165, 1.54) is 11.8 Å². The summed E-state index contributed by atoms with van der Waals surface area (Å²) in [5.41, 5.74) is 1.93. The third-order valence-electron chi connectivity index (χ3n) is 3.56. The molecule has 2 heterocycles. The van der Waals surface area contributed by atoms with Crippen molar-refractivity contribution in [2.24, 2.45) is 5.10 Å². The number of hydrogen-bond acceptors (Lipinski definition) is 7. The molecule has 1 aliphatic rings. The largest absolute Gasteiger partial charge is 0.497 e. The average molecular weight is 358 g/mol. The molecule has 0 radical (unpaired) electrons. The van der Waals surface area contributed by atoms with Crippen LogP contribution in [0.15, 0.2) is 40.1 Å². The summed E-state index contributed by atoms with van der Waals surface area (Å²) >= 11 is 1.49. The summed E-state index contributed by atoms with van der Waals surface area (Å²) in [6.45, 7) is 3.90. The van der Waals surface area contributed by atoms with Crippen molar-refractivity contribution in [2.75, 3.05) is 19.5 Å². The normalized spacial score (nSPS) is 13.9. The maximum absolute atomic E-state index is 12.5. The summed E-state index contributed by atoms with van der Waals surface area (Å²) in [5.74, 6) is 1.56. The Morgan fingerprint density at radius 1 is 1.32 bits per heavy atom. The topological polar surface area (TPSA) is 78.6 Å². The summed E-state index contributed by atoms with van der Waals surface area (Å²) in [5, 5.41) is 13.3. The highest BCUT2D eigenvalue weighted by molar-refractivity contribution is 7.99. The van der Waals surface area contributed by atoms with Gasteiger partial charge in [0.25, 0.3) is 0 Å². The molecule has 0 spiro atoms. The van der Waals surface area contributed by atoms with Crippen LogP contribution < -0.4 is 4.74 Å². The Labute approximate surface area is 149 Å². The molecule has 3 rings (SSSR count). The Hall–Kier alpha value is -2.61. The fourth-order valence-electron chi connectivity index (χ4n) is 2.29. The van der Waals surface area contributed by atoms with Crippen molar-refractivity contribution in [1.82, 2.24) is 14.9 Å². The summed E-state index contributed by atoms with van der Waals surface area (Å²) < 4.78 is 12.0. The Balaban J connectivity index is 2.00. The number of rotatable bonds is 5. The molecular formula is C17H18N4O3S. The van der Waals surface area contributed by atoms with E-state index in [-0.39, 0.29) is 0 Å². The second-order valence-electron chi connectivity index (χ2n) is 5.23. The predicted octanol–water partition coefficient (Wildman–Crippen LogP) is 2.55. The fourth-order valence-corrected chi connectivity index (χ4v) is 3.17. The highest BCUT2D eigenvalue weighted by Crippen LogP contribution is 2.25. The second kappa shape index (κ2) is 7.52. The lowest BCUT2D eigenvalue weighted by Crippen LogP contribution is -2.21. The Bertz CT molecular complexity index is 840. The van der Waals surface area contributed by atoms with Gasteiger partial charge in [-0.2, -0.15) is 9.78 Å². The van der Waals surface area contributed by atoms with Crippen LogP contribution in [-0.4, -0.2) is 46.0 Å². The van der Waals surface area contributed by atoms with Gasteiger partial charge >= 0.3 is 5.97 Å². The minimum Gasteiger partial charge on any atom is -0.497 e. The number of ether oxygens (including phenoxy) is 2. The minimum atomic E-state index is -0.396. The Morgan fingerprint density at radius 3 is 2.76 bits per heavy atom. The number of methoxy groups -OCH3 is 1. The molecule has 0 saturated heterocycles. The maximum atomic E-state index is 12.5. The van der Waals surface area contributed by atoms with Crippen molar-refractivity contribution in [2.45, 2.75) is 19.0 Å². The predicted molar refractivity (Wildman–Crippen MR) is 95.9 cm³/mol. The molecule has 1 aliphatic heterocycles.